The number of aryl methyl sites for hydroxylation is 1. The summed E-state index contributed by atoms with van der Waals surface area (Å²) in [4.78, 5) is 17.4. The van der Waals surface area contributed by atoms with Gasteiger partial charge in [0, 0.05) is 11.1 Å². The second-order valence-electron chi connectivity index (χ2n) is 6.06. The molecule has 0 N–H and O–H groups in total. The number of hydrogen-bond donors (Lipinski definition) is 0. The Labute approximate surface area is 133 Å². The van der Waals surface area contributed by atoms with Crippen LogP contribution in [0.1, 0.15) is 39.7 Å². The van der Waals surface area contributed by atoms with Crippen LogP contribution in [0.25, 0.3) is 0 Å². The van der Waals surface area contributed by atoms with Crippen molar-refractivity contribution in [1.29, 1.82) is 0 Å². The molecule has 0 aliphatic heterocycles. The van der Waals surface area contributed by atoms with Gasteiger partial charge in [0.15, 0.2) is 5.78 Å². The van der Waals surface area contributed by atoms with E-state index in [1.54, 1.807) is 0 Å². The van der Waals surface area contributed by atoms with Crippen molar-refractivity contribution >= 4 is 17.2 Å². The number of allylic oxidation sites excluding steroid dienone is 5. The fraction of sp³-hybridized carbons (Fsp3) is 0.300. The predicted molar refractivity (Wildman–Crippen MR) is 93.8 cm³/mol. The molecule has 0 bridgehead atoms. The van der Waals surface area contributed by atoms with Crippen molar-refractivity contribution in [2.24, 2.45) is 4.99 Å². The third-order valence-corrected chi connectivity index (χ3v) is 4.17. The molecule has 114 valence electrons. The lowest BCUT2D eigenvalue weighted by Gasteiger charge is -2.22. The smallest absolute Gasteiger partial charge is 0.185 e. The third-order valence-electron chi connectivity index (χ3n) is 4.17. The van der Waals surface area contributed by atoms with Gasteiger partial charge in [-0.05, 0) is 63.8 Å². The van der Waals surface area contributed by atoms with Gasteiger partial charge in [-0.25, -0.2) is 4.99 Å². The zero-order chi connectivity index (χ0) is 16.4. The zero-order valence-corrected chi connectivity index (χ0v) is 14.1. The maximum absolute atomic E-state index is 12.5. The molecule has 0 atom stereocenters. The van der Waals surface area contributed by atoms with Crippen LogP contribution < -0.4 is 0 Å². The Bertz CT molecular complexity index is 745. The summed E-state index contributed by atoms with van der Waals surface area (Å²) in [5.41, 5.74) is 7.54. The molecule has 0 amide bonds. The molecule has 1 aliphatic rings. The molecule has 0 radical (unpaired) electrons. The Balaban J connectivity index is 2.62. The normalized spacial score (nSPS) is 17.5. The van der Waals surface area contributed by atoms with Crippen LogP contribution in [-0.2, 0) is 4.79 Å². The van der Waals surface area contributed by atoms with E-state index in [1.165, 1.54) is 0 Å². The highest BCUT2D eigenvalue weighted by molar-refractivity contribution is 6.27. The number of aliphatic imine (C=N–C) groups is 1. The molecule has 0 spiro atoms. The molecule has 0 saturated carbocycles. The average molecular weight is 293 g/mol. The fourth-order valence-corrected chi connectivity index (χ4v) is 2.66. The Morgan fingerprint density at radius 3 is 2.27 bits per heavy atom. The summed E-state index contributed by atoms with van der Waals surface area (Å²) < 4.78 is 0. The number of para-hydroxylation sites is 1. The van der Waals surface area contributed by atoms with Crippen molar-refractivity contribution in [3.8, 4) is 0 Å². The minimum atomic E-state index is 0.127. The zero-order valence-electron chi connectivity index (χ0n) is 14.1. The van der Waals surface area contributed by atoms with Gasteiger partial charge in [0.05, 0.1) is 11.4 Å². The monoisotopic (exact) mass is 293 g/mol. The van der Waals surface area contributed by atoms with Crippen LogP contribution in [-0.4, -0.2) is 11.5 Å². The van der Waals surface area contributed by atoms with Crippen molar-refractivity contribution in [1.82, 2.24) is 0 Å². The van der Waals surface area contributed by atoms with E-state index < -0.39 is 0 Å². The standard InChI is InChI=1S/C20H23NO/c1-12(2)11-17-16(6)19(14(4)15(5)20(17)22)21-18-10-8-7-9-13(18)3/h7-10H,1,11H2,2-6H3. The van der Waals surface area contributed by atoms with Gasteiger partial charge in [0.2, 0.25) is 0 Å². The van der Waals surface area contributed by atoms with Crippen LogP contribution in [0.3, 0.4) is 0 Å². The summed E-state index contributed by atoms with van der Waals surface area (Å²) in [5, 5.41) is 0. The number of carbonyl (C=O) groups is 1. The summed E-state index contributed by atoms with van der Waals surface area (Å²) >= 11 is 0. The van der Waals surface area contributed by atoms with Crippen molar-refractivity contribution in [3.63, 3.8) is 0 Å². The Kier molecular flexibility index (Phi) is 4.60. The molecule has 1 aliphatic carbocycles. The van der Waals surface area contributed by atoms with Crippen molar-refractivity contribution < 1.29 is 4.79 Å². The van der Waals surface area contributed by atoms with E-state index in [-0.39, 0.29) is 5.78 Å². The average Bonchev–Trinajstić information content (AvgIpc) is 2.47. The first kappa shape index (κ1) is 16.2. The molecule has 2 heteroatoms. The Hall–Kier alpha value is -2.22. The van der Waals surface area contributed by atoms with Crippen molar-refractivity contribution in [2.75, 3.05) is 0 Å². The highest BCUT2D eigenvalue weighted by atomic mass is 16.1. The first-order chi connectivity index (χ1) is 10.3. The first-order valence-electron chi connectivity index (χ1n) is 7.54. The van der Waals surface area contributed by atoms with Crippen LogP contribution in [0.15, 0.2) is 63.7 Å². The predicted octanol–water partition coefficient (Wildman–Crippen LogP) is 5.27. The quantitative estimate of drug-likeness (QED) is 0.551. The van der Waals surface area contributed by atoms with Gasteiger partial charge in [0.1, 0.15) is 0 Å². The number of carbonyl (C=O) groups excluding carboxylic acids is 1. The highest BCUT2D eigenvalue weighted by Crippen LogP contribution is 2.31. The maximum atomic E-state index is 12.5. The van der Waals surface area contributed by atoms with E-state index >= 15 is 0 Å². The van der Waals surface area contributed by atoms with Gasteiger partial charge in [0.25, 0.3) is 0 Å². The summed E-state index contributed by atoms with van der Waals surface area (Å²) in [7, 11) is 0. The van der Waals surface area contributed by atoms with Gasteiger partial charge < -0.3 is 0 Å². The number of ketones is 1. The molecule has 0 fully saturated rings. The van der Waals surface area contributed by atoms with E-state index in [2.05, 4.69) is 6.58 Å². The van der Waals surface area contributed by atoms with Crippen LogP contribution in [0.2, 0.25) is 0 Å². The van der Waals surface area contributed by atoms with Crippen LogP contribution in [0.5, 0.6) is 0 Å². The molecular weight excluding hydrogens is 270 g/mol. The lowest BCUT2D eigenvalue weighted by atomic mass is 9.83. The van der Waals surface area contributed by atoms with E-state index in [9.17, 15) is 4.79 Å². The Morgan fingerprint density at radius 2 is 1.68 bits per heavy atom. The van der Waals surface area contributed by atoms with Crippen LogP contribution in [0.4, 0.5) is 5.69 Å². The molecular formula is C20H23NO. The van der Waals surface area contributed by atoms with E-state index in [0.717, 1.165) is 44.8 Å². The molecule has 1 aromatic rings. The van der Waals surface area contributed by atoms with E-state index in [4.69, 9.17) is 4.99 Å². The van der Waals surface area contributed by atoms with Gasteiger partial charge in [-0.15, -0.1) is 0 Å². The summed E-state index contributed by atoms with van der Waals surface area (Å²) in [5.74, 6) is 0.127. The minimum Gasteiger partial charge on any atom is -0.289 e. The number of hydrogen-bond acceptors (Lipinski definition) is 2. The van der Waals surface area contributed by atoms with Gasteiger partial charge >= 0.3 is 0 Å². The maximum Gasteiger partial charge on any atom is 0.185 e. The number of rotatable bonds is 3. The topological polar surface area (TPSA) is 29.4 Å². The molecule has 2 rings (SSSR count). The fourth-order valence-electron chi connectivity index (χ4n) is 2.66. The van der Waals surface area contributed by atoms with Gasteiger partial charge in [-0.1, -0.05) is 30.4 Å². The van der Waals surface area contributed by atoms with Gasteiger partial charge in [-0.3, -0.25) is 4.79 Å². The SMILES string of the molecule is C=C(C)CC1=C(C)C(=Nc2ccccc2C)C(C)=C(C)C1=O. The first-order valence-corrected chi connectivity index (χ1v) is 7.54. The molecule has 0 heterocycles. The summed E-state index contributed by atoms with van der Waals surface area (Å²) in [6.07, 6.45) is 0.613. The lowest BCUT2D eigenvalue weighted by Crippen LogP contribution is -2.21. The highest BCUT2D eigenvalue weighted by Gasteiger charge is 2.26. The molecule has 1 aromatic carbocycles. The number of nitrogens with zero attached hydrogens (tertiary/aromatic N) is 1. The third kappa shape index (κ3) is 3.01. The minimum absolute atomic E-state index is 0.127. The number of Topliss-reactive ketones (excluding diaryl/α,β-unsaturated/α-hetero) is 1. The molecule has 0 saturated heterocycles. The summed E-state index contributed by atoms with van der Waals surface area (Å²) in [6.45, 7) is 13.8. The van der Waals surface area contributed by atoms with Gasteiger partial charge in [-0.2, -0.15) is 0 Å². The molecule has 0 unspecified atom stereocenters. The lowest BCUT2D eigenvalue weighted by molar-refractivity contribution is -0.112. The second-order valence-corrected chi connectivity index (χ2v) is 6.06. The van der Waals surface area contributed by atoms with E-state index in [0.29, 0.717) is 6.42 Å². The molecule has 0 aromatic heterocycles. The number of benzene rings is 1. The van der Waals surface area contributed by atoms with Crippen LogP contribution in [0, 0.1) is 6.92 Å². The largest absolute Gasteiger partial charge is 0.289 e. The van der Waals surface area contributed by atoms with Crippen molar-refractivity contribution in [2.45, 2.75) is 41.0 Å². The molecule has 2 nitrogen and oxygen atoms in total. The second kappa shape index (κ2) is 6.27. The summed E-state index contributed by atoms with van der Waals surface area (Å²) in [6, 6.07) is 8.05. The van der Waals surface area contributed by atoms with Crippen LogP contribution >= 0.6 is 0 Å². The van der Waals surface area contributed by atoms with Crippen molar-refractivity contribution in [3.05, 3.63) is 64.3 Å². The van der Waals surface area contributed by atoms with E-state index in [1.807, 2.05) is 58.9 Å². The molecule has 22 heavy (non-hydrogen) atoms. The Morgan fingerprint density at radius 1 is 1.05 bits per heavy atom.